The van der Waals surface area contributed by atoms with Crippen LogP contribution in [0.5, 0.6) is 0 Å². The standard InChI is InChI=1S/C17H25F3N2/c1-14-4-2-5-16(10-14)12-22-9-3-6-15(11-22)7-8-21-13-17(18,19)20/h2,4-5,10,15,21H,3,6-9,11-13H2,1H3. The van der Waals surface area contributed by atoms with Gasteiger partial charge in [0.15, 0.2) is 0 Å². The Morgan fingerprint density at radius 3 is 2.86 bits per heavy atom. The van der Waals surface area contributed by atoms with E-state index in [4.69, 9.17) is 0 Å². The van der Waals surface area contributed by atoms with Gasteiger partial charge in [-0.3, -0.25) is 4.90 Å². The highest BCUT2D eigenvalue weighted by molar-refractivity contribution is 5.22. The molecule has 0 bridgehead atoms. The van der Waals surface area contributed by atoms with Gasteiger partial charge in [-0.1, -0.05) is 29.8 Å². The molecule has 2 rings (SSSR count). The number of piperidine rings is 1. The number of nitrogens with one attached hydrogen (secondary N) is 1. The smallest absolute Gasteiger partial charge is 0.309 e. The van der Waals surface area contributed by atoms with Gasteiger partial charge in [0.05, 0.1) is 6.54 Å². The molecule has 1 N–H and O–H groups in total. The molecule has 0 aliphatic carbocycles. The van der Waals surface area contributed by atoms with Crippen LogP contribution >= 0.6 is 0 Å². The first-order valence-corrected chi connectivity index (χ1v) is 7.98. The fourth-order valence-electron chi connectivity index (χ4n) is 3.14. The van der Waals surface area contributed by atoms with Gasteiger partial charge in [0.25, 0.3) is 0 Å². The highest BCUT2D eigenvalue weighted by Gasteiger charge is 2.26. The van der Waals surface area contributed by atoms with Gasteiger partial charge in [0.2, 0.25) is 0 Å². The number of hydrogen-bond acceptors (Lipinski definition) is 2. The van der Waals surface area contributed by atoms with Gasteiger partial charge in [0.1, 0.15) is 0 Å². The molecule has 1 heterocycles. The van der Waals surface area contributed by atoms with E-state index >= 15 is 0 Å². The maximum atomic E-state index is 12.1. The van der Waals surface area contributed by atoms with Crippen molar-refractivity contribution in [2.24, 2.45) is 5.92 Å². The molecule has 1 aromatic carbocycles. The Bertz CT molecular complexity index is 459. The normalized spacial score (nSPS) is 20.3. The zero-order chi connectivity index (χ0) is 16.0. The molecule has 124 valence electrons. The summed E-state index contributed by atoms with van der Waals surface area (Å²) in [7, 11) is 0. The summed E-state index contributed by atoms with van der Waals surface area (Å²) in [6.07, 6.45) is -1.03. The number of likely N-dealkylation sites (tertiary alicyclic amines) is 1. The first-order chi connectivity index (χ1) is 10.4. The van der Waals surface area contributed by atoms with Crippen LogP contribution in [-0.2, 0) is 6.54 Å². The molecule has 2 nitrogen and oxygen atoms in total. The topological polar surface area (TPSA) is 15.3 Å². The number of nitrogens with zero attached hydrogens (tertiary/aromatic N) is 1. The third-order valence-corrected chi connectivity index (χ3v) is 4.15. The van der Waals surface area contributed by atoms with E-state index in [1.165, 1.54) is 11.1 Å². The van der Waals surface area contributed by atoms with Crippen LogP contribution in [-0.4, -0.2) is 37.3 Å². The van der Waals surface area contributed by atoms with Crippen LogP contribution in [0.25, 0.3) is 0 Å². The van der Waals surface area contributed by atoms with Gasteiger partial charge in [-0.2, -0.15) is 13.2 Å². The van der Waals surface area contributed by atoms with Crippen molar-refractivity contribution in [3.63, 3.8) is 0 Å². The molecular weight excluding hydrogens is 289 g/mol. The quantitative estimate of drug-likeness (QED) is 0.805. The van der Waals surface area contributed by atoms with Crippen LogP contribution in [0.4, 0.5) is 13.2 Å². The average molecular weight is 314 g/mol. The van der Waals surface area contributed by atoms with Gasteiger partial charge in [0, 0.05) is 13.1 Å². The molecule has 1 atom stereocenters. The Kier molecular flexibility index (Phi) is 6.26. The third-order valence-electron chi connectivity index (χ3n) is 4.15. The largest absolute Gasteiger partial charge is 0.401 e. The molecule has 22 heavy (non-hydrogen) atoms. The molecule has 1 saturated heterocycles. The minimum absolute atomic E-state index is 0.447. The second kappa shape index (κ2) is 7.97. The Hall–Kier alpha value is -1.07. The summed E-state index contributed by atoms with van der Waals surface area (Å²) in [5, 5.41) is 2.50. The van der Waals surface area contributed by atoms with E-state index < -0.39 is 12.7 Å². The van der Waals surface area contributed by atoms with E-state index in [-0.39, 0.29) is 0 Å². The van der Waals surface area contributed by atoms with Gasteiger partial charge in [-0.05, 0) is 50.8 Å². The lowest BCUT2D eigenvalue weighted by atomic mass is 9.94. The highest BCUT2D eigenvalue weighted by Crippen LogP contribution is 2.21. The summed E-state index contributed by atoms with van der Waals surface area (Å²) in [5.74, 6) is 0.499. The molecular formula is C17H25F3N2. The van der Waals surface area contributed by atoms with Crippen molar-refractivity contribution in [1.82, 2.24) is 10.2 Å². The van der Waals surface area contributed by atoms with Crippen LogP contribution in [0.1, 0.15) is 30.4 Å². The van der Waals surface area contributed by atoms with Crippen LogP contribution in [0, 0.1) is 12.8 Å². The van der Waals surface area contributed by atoms with Crippen molar-refractivity contribution in [3.05, 3.63) is 35.4 Å². The van der Waals surface area contributed by atoms with E-state index in [0.717, 1.165) is 38.9 Å². The first kappa shape index (κ1) is 17.3. The Labute approximate surface area is 130 Å². The van der Waals surface area contributed by atoms with Gasteiger partial charge < -0.3 is 5.32 Å². The van der Waals surface area contributed by atoms with Crippen molar-refractivity contribution in [3.8, 4) is 0 Å². The molecule has 1 fully saturated rings. The van der Waals surface area contributed by atoms with E-state index in [9.17, 15) is 13.2 Å². The average Bonchev–Trinajstić information content (AvgIpc) is 2.43. The summed E-state index contributed by atoms with van der Waals surface area (Å²) < 4.78 is 36.3. The second-order valence-corrected chi connectivity index (χ2v) is 6.31. The molecule has 0 spiro atoms. The summed E-state index contributed by atoms with van der Waals surface area (Å²) in [5.41, 5.74) is 2.58. The van der Waals surface area contributed by atoms with E-state index in [1.54, 1.807) is 0 Å². The van der Waals surface area contributed by atoms with E-state index in [1.807, 2.05) is 0 Å². The van der Waals surface area contributed by atoms with Crippen molar-refractivity contribution in [2.45, 2.75) is 38.9 Å². The molecule has 1 unspecified atom stereocenters. The zero-order valence-electron chi connectivity index (χ0n) is 13.1. The third kappa shape index (κ3) is 6.36. The molecule has 0 amide bonds. The first-order valence-electron chi connectivity index (χ1n) is 7.98. The zero-order valence-corrected chi connectivity index (χ0v) is 13.1. The van der Waals surface area contributed by atoms with Gasteiger partial charge >= 0.3 is 6.18 Å². The molecule has 1 aromatic rings. The molecule has 0 aromatic heterocycles. The SMILES string of the molecule is Cc1cccc(CN2CCCC(CCNCC(F)(F)F)C2)c1. The van der Waals surface area contributed by atoms with Crippen LogP contribution in [0.2, 0.25) is 0 Å². The summed E-state index contributed by atoms with van der Waals surface area (Å²) in [4.78, 5) is 2.42. The van der Waals surface area contributed by atoms with Crippen molar-refractivity contribution >= 4 is 0 Å². The van der Waals surface area contributed by atoms with Crippen LogP contribution < -0.4 is 5.32 Å². The number of rotatable bonds is 6. The Morgan fingerprint density at radius 1 is 1.32 bits per heavy atom. The number of alkyl halides is 3. The summed E-state index contributed by atoms with van der Waals surface area (Å²) >= 11 is 0. The lowest BCUT2D eigenvalue weighted by molar-refractivity contribution is -0.124. The number of hydrogen-bond donors (Lipinski definition) is 1. The monoisotopic (exact) mass is 314 g/mol. The Balaban J connectivity index is 1.72. The van der Waals surface area contributed by atoms with Crippen LogP contribution in [0.15, 0.2) is 24.3 Å². The minimum atomic E-state index is -4.11. The molecule has 5 heteroatoms. The number of halogens is 3. The summed E-state index contributed by atoms with van der Waals surface area (Å²) in [6.45, 7) is 4.67. The fourth-order valence-corrected chi connectivity index (χ4v) is 3.14. The maximum Gasteiger partial charge on any atom is 0.401 e. The molecule has 0 saturated carbocycles. The molecule has 1 aliphatic rings. The van der Waals surface area contributed by atoms with E-state index in [0.29, 0.717) is 12.5 Å². The van der Waals surface area contributed by atoms with Crippen molar-refractivity contribution in [1.29, 1.82) is 0 Å². The van der Waals surface area contributed by atoms with E-state index in [2.05, 4.69) is 41.4 Å². The molecule has 1 aliphatic heterocycles. The lowest BCUT2D eigenvalue weighted by Gasteiger charge is -2.33. The predicted octanol–water partition coefficient (Wildman–Crippen LogP) is 3.75. The second-order valence-electron chi connectivity index (χ2n) is 6.31. The summed E-state index contributed by atoms with van der Waals surface area (Å²) in [6, 6.07) is 8.51. The number of benzene rings is 1. The van der Waals surface area contributed by atoms with Crippen molar-refractivity contribution in [2.75, 3.05) is 26.2 Å². The molecule has 0 radical (unpaired) electrons. The predicted molar refractivity (Wildman–Crippen MR) is 82.7 cm³/mol. The van der Waals surface area contributed by atoms with Gasteiger partial charge in [-0.15, -0.1) is 0 Å². The van der Waals surface area contributed by atoms with Crippen LogP contribution in [0.3, 0.4) is 0 Å². The van der Waals surface area contributed by atoms with Crippen molar-refractivity contribution < 1.29 is 13.2 Å². The lowest BCUT2D eigenvalue weighted by Crippen LogP contribution is -2.37. The fraction of sp³-hybridized carbons (Fsp3) is 0.647. The van der Waals surface area contributed by atoms with Gasteiger partial charge in [-0.25, -0.2) is 0 Å². The maximum absolute atomic E-state index is 12.1. The number of aryl methyl sites for hydroxylation is 1. The minimum Gasteiger partial charge on any atom is -0.309 e. The Morgan fingerprint density at radius 2 is 2.14 bits per heavy atom. The highest BCUT2D eigenvalue weighted by atomic mass is 19.4.